The van der Waals surface area contributed by atoms with Crippen molar-refractivity contribution in [3.63, 3.8) is 0 Å². The lowest BCUT2D eigenvalue weighted by atomic mass is 10.0. The summed E-state index contributed by atoms with van der Waals surface area (Å²) >= 11 is 6.11. The molecule has 118 valence electrons. The van der Waals surface area contributed by atoms with Crippen LogP contribution in [0.25, 0.3) is 0 Å². The van der Waals surface area contributed by atoms with Gasteiger partial charge in [-0.05, 0) is 30.8 Å². The Balaban J connectivity index is 2.22. The molecular formula is C16H26ClN3O. The second kappa shape index (κ2) is 7.99. The van der Waals surface area contributed by atoms with Crippen LogP contribution in [0.4, 0.5) is 0 Å². The van der Waals surface area contributed by atoms with Gasteiger partial charge in [0.1, 0.15) is 5.75 Å². The number of likely N-dealkylation sites (N-methyl/N-ethyl adjacent to an activating group) is 1. The maximum atomic E-state index is 9.64. The molecule has 0 aromatic heterocycles. The fraction of sp³-hybridized carbons (Fsp3) is 0.625. The van der Waals surface area contributed by atoms with Crippen molar-refractivity contribution in [1.29, 1.82) is 0 Å². The smallest absolute Gasteiger partial charge is 0.134 e. The van der Waals surface area contributed by atoms with Gasteiger partial charge in [-0.2, -0.15) is 0 Å². The summed E-state index contributed by atoms with van der Waals surface area (Å²) in [5.41, 5.74) is 1.19. The molecule has 2 rings (SSSR count). The number of nitrogens with zero attached hydrogens (tertiary/aromatic N) is 2. The SMILES string of the molecule is CCN(CC)CC(c1ccc(O)c(Cl)c1)N1CCNCC1. The minimum atomic E-state index is 0.155. The van der Waals surface area contributed by atoms with Gasteiger partial charge in [-0.3, -0.25) is 4.90 Å². The van der Waals surface area contributed by atoms with Gasteiger partial charge in [0.25, 0.3) is 0 Å². The second-order valence-corrected chi connectivity index (χ2v) is 5.91. The van der Waals surface area contributed by atoms with E-state index in [-0.39, 0.29) is 5.75 Å². The van der Waals surface area contributed by atoms with Crippen LogP contribution in [0, 0.1) is 0 Å². The van der Waals surface area contributed by atoms with Crippen molar-refractivity contribution >= 4 is 11.6 Å². The van der Waals surface area contributed by atoms with Crippen molar-refractivity contribution in [3.05, 3.63) is 28.8 Å². The summed E-state index contributed by atoms with van der Waals surface area (Å²) in [6.45, 7) is 11.6. The molecule has 1 heterocycles. The van der Waals surface area contributed by atoms with Crippen molar-refractivity contribution in [2.24, 2.45) is 0 Å². The van der Waals surface area contributed by atoms with Crippen LogP contribution in [-0.2, 0) is 0 Å². The number of rotatable bonds is 6. The maximum absolute atomic E-state index is 9.64. The topological polar surface area (TPSA) is 38.7 Å². The van der Waals surface area contributed by atoms with Crippen LogP contribution in [0.2, 0.25) is 5.02 Å². The molecule has 0 saturated carbocycles. The summed E-state index contributed by atoms with van der Waals surface area (Å²) < 4.78 is 0. The highest BCUT2D eigenvalue weighted by Gasteiger charge is 2.24. The molecule has 0 spiro atoms. The first-order chi connectivity index (χ1) is 10.2. The molecule has 0 bridgehead atoms. The van der Waals surface area contributed by atoms with E-state index in [9.17, 15) is 5.11 Å². The summed E-state index contributed by atoms with van der Waals surface area (Å²) in [7, 11) is 0. The van der Waals surface area contributed by atoms with Gasteiger partial charge in [-0.15, -0.1) is 0 Å². The Morgan fingerprint density at radius 3 is 2.52 bits per heavy atom. The highest BCUT2D eigenvalue weighted by atomic mass is 35.5. The molecule has 0 aliphatic carbocycles. The predicted molar refractivity (Wildman–Crippen MR) is 88.1 cm³/mol. The van der Waals surface area contributed by atoms with Crippen LogP contribution in [-0.4, -0.2) is 60.7 Å². The molecule has 1 unspecified atom stereocenters. The molecule has 5 heteroatoms. The standard InChI is InChI=1S/C16H26ClN3O/c1-3-19(4-2)12-15(20-9-7-18-8-10-20)13-5-6-16(21)14(17)11-13/h5-6,11,15,18,21H,3-4,7-10,12H2,1-2H3. The number of phenolic OH excluding ortho intramolecular Hbond substituents is 1. The van der Waals surface area contributed by atoms with Crippen molar-refractivity contribution in [2.45, 2.75) is 19.9 Å². The first-order valence-electron chi connectivity index (χ1n) is 7.81. The van der Waals surface area contributed by atoms with Crippen molar-refractivity contribution < 1.29 is 5.11 Å². The molecule has 0 radical (unpaired) electrons. The molecular weight excluding hydrogens is 286 g/mol. The highest BCUT2D eigenvalue weighted by Crippen LogP contribution is 2.30. The summed E-state index contributed by atoms with van der Waals surface area (Å²) in [5, 5.41) is 13.5. The summed E-state index contributed by atoms with van der Waals surface area (Å²) in [6.07, 6.45) is 0. The number of halogens is 1. The first kappa shape index (κ1) is 16.6. The Hall–Kier alpha value is -0.810. The number of nitrogens with one attached hydrogen (secondary N) is 1. The van der Waals surface area contributed by atoms with Gasteiger partial charge < -0.3 is 15.3 Å². The van der Waals surface area contributed by atoms with Gasteiger partial charge in [0.05, 0.1) is 5.02 Å². The second-order valence-electron chi connectivity index (χ2n) is 5.50. The lowest BCUT2D eigenvalue weighted by Gasteiger charge is -2.37. The third-order valence-corrected chi connectivity index (χ3v) is 4.58. The van der Waals surface area contributed by atoms with E-state index in [0.717, 1.165) is 45.8 Å². The molecule has 21 heavy (non-hydrogen) atoms. The Bertz CT molecular complexity index is 445. The molecule has 0 amide bonds. The van der Waals surface area contributed by atoms with Gasteiger partial charge in [0.2, 0.25) is 0 Å². The zero-order valence-electron chi connectivity index (χ0n) is 13.0. The van der Waals surface area contributed by atoms with Crippen LogP contribution in [0.1, 0.15) is 25.5 Å². The Morgan fingerprint density at radius 2 is 1.95 bits per heavy atom. The van der Waals surface area contributed by atoms with Gasteiger partial charge in [-0.25, -0.2) is 0 Å². The van der Waals surface area contributed by atoms with Crippen molar-refractivity contribution in [3.8, 4) is 5.75 Å². The lowest BCUT2D eigenvalue weighted by Crippen LogP contribution is -2.48. The average Bonchev–Trinajstić information content (AvgIpc) is 2.52. The molecule has 4 nitrogen and oxygen atoms in total. The van der Waals surface area contributed by atoms with E-state index in [1.54, 1.807) is 6.07 Å². The van der Waals surface area contributed by atoms with Crippen LogP contribution in [0.5, 0.6) is 5.75 Å². The highest BCUT2D eigenvalue weighted by molar-refractivity contribution is 6.32. The van der Waals surface area contributed by atoms with E-state index in [0.29, 0.717) is 11.1 Å². The molecule has 1 fully saturated rings. The van der Waals surface area contributed by atoms with Gasteiger partial charge in [0.15, 0.2) is 0 Å². The molecule has 1 saturated heterocycles. The molecule has 1 aromatic rings. The largest absolute Gasteiger partial charge is 0.506 e. The van der Waals surface area contributed by atoms with E-state index < -0.39 is 0 Å². The Morgan fingerprint density at radius 1 is 1.29 bits per heavy atom. The van der Waals surface area contributed by atoms with Crippen LogP contribution >= 0.6 is 11.6 Å². The van der Waals surface area contributed by atoms with Gasteiger partial charge in [0, 0.05) is 38.8 Å². The van der Waals surface area contributed by atoms with Crippen molar-refractivity contribution in [1.82, 2.24) is 15.1 Å². The summed E-state index contributed by atoms with van der Waals surface area (Å²) in [6, 6.07) is 5.93. The lowest BCUT2D eigenvalue weighted by molar-refractivity contribution is 0.129. The summed E-state index contributed by atoms with van der Waals surface area (Å²) in [4.78, 5) is 4.95. The number of hydrogen-bond donors (Lipinski definition) is 2. The van der Waals surface area contributed by atoms with Crippen LogP contribution < -0.4 is 5.32 Å². The molecule has 2 N–H and O–H groups in total. The van der Waals surface area contributed by atoms with Gasteiger partial charge >= 0.3 is 0 Å². The first-order valence-corrected chi connectivity index (χ1v) is 8.19. The van der Waals surface area contributed by atoms with Crippen LogP contribution in [0.3, 0.4) is 0 Å². The van der Waals surface area contributed by atoms with E-state index >= 15 is 0 Å². The van der Waals surface area contributed by atoms with E-state index in [4.69, 9.17) is 11.6 Å². The zero-order valence-corrected chi connectivity index (χ0v) is 13.7. The molecule has 1 aliphatic heterocycles. The minimum Gasteiger partial charge on any atom is -0.506 e. The number of hydrogen-bond acceptors (Lipinski definition) is 4. The quantitative estimate of drug-likeness (QED) is 0.846. The third kappa shape index (κ3) is 4.33. The van der Waals surface area contributed by atoms with E-state index in [2.05, 4.69) is 29.0 Å². The maximum Gasteiger partial charge on any atom is 0.134 e. The number of phenols is 1. The molecule has 1 atom stereocenters. The van der Waals surface area contributed by atoms with E-state index in [1.807, 2.05) is 12.1 Å². The molecule has 1 aliphatic rings. The average molecular weight is 312 g/mol. The number of aromatic hydroxyl groups is 1. The molecule has 1 aromatic carbocycles. The Labute approximate surface area is 132 Å². The fourth-order valence-corrected chi connectivity index (χ4v) is 3.07. The third-order valence-electron chi connectivity index (χ3n) is 4.27. The fourth-order valence-electron chi connectivity index (χ4n) is 2.88. The number of piperazine rings is 1. The monoisotopic (exact) mass is 311 g/mol. The Kier molecular flexibility index (Phi) is 6.30. The predicted octanol–water partition coefficient (Wildman–Crippen LogP) is 2.33. The van der Waals surface area contributed by atoms with Crippen LogP contribution in [0.15, 0.2) is 18.2 Å². The van der Waals surface area contributed by atoms with E-state index in [1.165, 1.54) is 5.56 Å². The van der Waals surface area contributed by atoms with Crippen molar-refractivity contribution in [2.75, 3.05) is 45.8 Å². The zero-order chi connectivity index (χ0) is 15.2. The minimum absolute atomic E-state index is 0.155. The normalized spacial score (nSPS) is 18.1. The number of benzene rings is 1. The summed E-state index contributed by atoms with van der Waals surface area (Å²) in [5.74, 6) is 0.155. The van der Waals surface area contributed by atoms with Gasteiger partial charge in [-0.1, -0.05) is 31.5 Å².